The van der Waals surface area contributed by atoms with Crippen molar-refractivity contribution in [1.29, 1.82) is 0 Å². The van der Waals surface area contributed by atoms with E-state index in [1.807, 2.05) is 38.1 Å². The molecule has 0 heterocycles. The number of carbonyl (C=O) groups is 2. The van der Waals surface area contributed by atoms with E-state index in [0.717, 1.165) is 16.7 Å². The minimum absolute atomic E-state index is 0.128. The topological polar surface area (TPSA) is 77.0 Å². The van der Waals surface area contributed by atoms with Crippen LogP contribution in [0.4, 0.5) is 0 Å². The van der Waals surface area contributed by atoms with Gasteiger partial charge in [0, 0.05) is 0 Å². The van der Waals surface area contributed by atoms with Crippen molar-refractivity contribution in [2.75, 3.05) is 6.61 Å². The number of nitrogens with zero attached hydrogens (tertiary/aromatic N) is 1. The Hall–Kier alpha value is -3.93. The van der Waals surface area contributed by atoms with Crippen molar-refractivity contribution < 1.29 is 19.1 Å². The largest absolute Gasteiger partial charge is 0.483 e. The summed E-state index contributed by atoms with van der Waals surface area (Å²) in [5.74, 6) is 0.347. The summed E-state index contributed by atoms with van der Waals surface area (Å²) in [5, 5.41) is 3.92. The van der Waals surface area contributed by atoms with Gasteiger partial charge in [-0.25, -0.2) is 10.2 Å². The fraction of sp³-hybridized carbons (Fsp3) is 0.125. The fourth-order valence-corrected chi connectivity index (χ4v) is 2.74. The molecule has 1 N–H and O–H groups in total. The van der Waals surface area contributed by atoms with Crippen molar-refractivity contribution in [3.8, 4) is 11.5 Å². The van der Waals surface area contributed by atoms with Crippen LogP contribution in [-0.2, 0) is 4.79 Å². The molecule has 0 unspecified atom stereocenters. The van der Waals surface area contributed by atoms with E-state index in [2.05, 4.69) is 10.5 Å². The lowest BCUT2D eigenvalue weighted by Crippen LogP contribution is -2.25. The summed E-state index contributed by atoms with van der Waals surface area (Å²) in [6.45, 7) is 3.73. The van der Waals surface area contributed by atoms with Crippen LogP contribution < -0.4 is 14.9 Å². The molecular weight excluding hydrogens is 380 g/mol. The van der Waals surface area contributed by atoms with Crippen LogP contribution >= 0.6 is 0 Å². The lowest BCUT2D eigenvalue weighted by molar-refractivity contribution is -0.123. The Balaban J connectivity index is 1.48. The number of hydrogen-bond acceptors (Lipinski definition) is 5. The Morgan fingerprint density at radius 2 is 1.57 bits per heavy atom. The highest BCUT2D eigenvalue weighted by Crippen LogP contribution is 2.22. The SMILES string of the molecule is Cc1cccc(C)c1OCC(=O)N/N=C/c1ccc(OC(=O)c2ccccc2)cc1. The average Bonchev–Trinajstić information content (AvgIpc) is 2.75. The van der Waals surface area contributed by atoms with Crippen molar-refractivity contribution in [3.05, 3.63) is 95.1 Å². The summed E-state index contributed by atoms with van der Waals surface area (Å²) >= 11 is 0. The van der Waals surface area contributed by atoms with Gasteiger partial charge in [0.05, 0.1) is 11.8 Å². The Labute approximate surface area is 175 Å². The molecule has 3 aromatic rings. The van der Waals surface area contributed by atoms with E-state index in [1.54, 1.807) is 48.5 Å². The molecule has 0 aliphatic heterocycles. The first kappa shape index (κ1) is 20.8. The monoisotopic (exact) mass is 402 g/mol. The van der Waals surface area contributed by atoms with Gasteiger partial charge in [0.25, 0.3) is 5.91 Å². The van der Waals surface area contributed by atoms with Crippen LogP contribution in [-0.4, -0.2) is 24.7 Å². The maximum Gasteiger partial charge on any atom is 0.343 e. The van der Waals surface area contributed by atoms with E-state index in [1.165, 1.54) is 6.21 Å². The highest BCUT2D eigenvalue weighted by molar-refractivity contribution is 5.91. The predicted molar refractivity (Wildman–Crippen MR) is 115 cm³/mol. The number of rotatable bonds is 7. The number of ether oxygens (including phenoxy) is 2. The number of hydrazone groups is 1. The summed E-state index contributed by atoms with van der Waals surface area (Å²) in [5.41, 5.74) is 5.59. The van der Waals surface area contributed by atoms with Gasteiger partial charge in [-0.2, -0.15) is 5.10 Å². The highest BCUT2D eigenvalue weighted by Gasteiger charge is 2.08. The van der Waals surface area contributed by atoms with Crippen LogP contribution in [0, 0.1) is 13.8 Å². The van der Waals surface area contributed by atoms with Gasteiger partial charge in [-0.3, -0.25) is 4.79 Å². The van der Waals surface area contributed by atoms with Crippen molar-refractivity contribution >= 4 is 18.1 Å². The molecule has 0 bridgehead atoms. The molecule has 0 atom stereocenters. The molecule has 6 nitrogen and oxygen atoms in total. The zero-order valence-electron chi connectivity index (χ0n) is 16.8. The highest BCUT2D eigenvalue weighted by atomic mass is 16.5. The molecule has 0 aromatic heterocycles. The molecular formula is C24H22N2O4. The third-order valence-corrected chi connectivity index (χ3v) is 4.26. The second-order valence-corrected chi connectivity index (χ2v) is 6.63. The zero-order valence-corrected chi connectivity index (χ0v) is 16.8. The number of esters is 1. The van der Waals surface area contributed by atoms with E-state index < -0.39 is 5.97 Å². The zero-order chi connectivity index (χ0) is 21.3. The number of para-hydroxylation sites is 1. The molecule has 1 amide bonds. The summed E-state index contributed by atoms with van der Waals surface area (Å²) < 4.78 is 10.9. The van der Waals surface area contributed by atoms with Gasteiger partial charge in [0.1, 0.15) is 11.5 Å². The number of amides is 1. The fourth-order valence-electron chi connectivity index (χ4n) is 2.74. The summed E-state index contributed by atoms with van der Waals surface area (Å²) in [4.78, 5) is 24.0. The minimum atomic E-state index is -0.423. The van der Waals surface area contributed by atoms with Crippen LogP contribution in [0.5, 0.6) is 11.5 Å². The van der Waals surface area contributed by atoms with Gasteiger partial charge in [-0.05, 0) is 66.9 Å². The normalized spacial score (nSPS) is 10.6. The second kappa shape index (κ2) is 10.0. The molecule has 0 saturated carbocycles. The average molecular weight is 402 g/mol. The summed E-state index contributed by atoms with van der Waals surface area (Å²) in [7, 11) is 0. The number of aryl methyl sites for hydroxylation is 2. The Morgan fingerprint density at radius 1 is 0.900 bits per heavy atom. The van der Waals surface area contributed by atoms with Crippen LogP contribution in [0.25, 0.3) is 0 Å². The molecule has 0 spiro atoms. The first-order valence-corrected chi connectivity index (χ1v) is 9.41. The lowest BCUT2D eigenvalue weighted by atomic mass is 10.1. The molecule has 0 aliphatic rings. The standard InChI is InChI=1S/C24H22N2O4/c1-17-7-6-8-18(2)23(17)29-16-22(27)26-25-15-19-11-13-21(14-12-19)30-24(28)20-9-4-3-5-10-20/h3-15H,16H2,1-2H3,(H,26,27)/b25-15+. The molecule has 0 saturated heterocycles. The first-order valence-electron chi connectivity index (χ1n) is 9.41. The number of benzene rings is 3. The third kappa shape index (κ3) is 5.78. The Kier molecular flexibility index (Phi) is 6.95. The third-order valence-electron chi connectivity index (χ3n) is 4.26. The Bertz CT molecular complexity index is 1020. The number of hydrogen-bond donors (Lipinski definition) is 1. The van der Waals surface area contributed by atoms with E-state index >= 15 is 0 Å². The van der Waals surface area contributed by atoms with Crippen molar-refractivity contribution in [2.45, 2.75) is 13.8 Å². The predicted octanol–water partition coefficient (Wildman–Crippen LogP) is 4.05. The smallest absolute Gasteiger partial charge is 0.343 e. The molecule has 3 aromatic carbocycles. The molecule has 6 heteroatoms. The van der Waals surface area contributed by atoms with Crippen molar-refractivity contribution in [1.82, 2.24) is 5.43 Å². The first-order chi connectivity index (χ1) is 14.5. The molecule has 0 radical (unpaired) electrons. The van der Waals surface area contributed by atoms with E-state index in [4.69, 9.17) is 9.47 Å². The second-order valence-electron chi connectivity index (χ2n) is 6.63. The maximum absolute atomic E-state index is 12.0. The quantitative estimate of drug-likeness (QED) is 0.280. The van der Waals surface area contributed by atoms with E-state index in [9.17, 15) is 9.59 Å². The van der Waals surface area contributed by atoms with Gasteiger partial charge in [0.15, 0.2) is 6.61 Å². The number of carbonyl (C=O) groups excluding carboxylic acids is 2. The van der Waals surface area contributed by atoms with Gasteiger partial charge < -0.3 is 9.47 Å². The van der Waals surface area contributed by atoms with Crippen LogP contribution in [0.3, 0.4) is 0 Å². The molecule has 30 heavy (non-hydrogen) atoms. The molecule has 0 aliphatic carbocycles. The van der Waals surface area contributed by atoms with Crippen LogP contribution in [0.1, 0.15) is 27.0 Å². The molecule has 152 valence electrons. The van der Waals surface area contributed by atoms with Gasteiger partial charge in [0.2, 0.25) is 0 Å². The Morgan fingerprint density at radius 3 is 2.23 bits per heavy atom. The lowest BCUT2D eigenvalue weighted by Gasteiger charge is -2.10. The van der Waals surface area contributed by atoms with E-state index in [0.29, 0.717) is 17.1 Å². The van der Waals surface area contributed by atoms with Gasteiger partial charge in [-0.1, -0.05) is 36.4 Å². The van der Waals surface area contributed by atoms with Crippen molar-refractivity contribution in [3.63, 3.8) is 0 Å². The van der Waals surface area contributed by atoms with Gasteiger partial charge in [-0.15, -0.1) is 0 Å². The summed E-state index contributed by atoms with van der Waals surface area (Å²) in [6, 6.07) is 21.4. The number of nitrogens with one attached hydrogen (secondary N) is 1. The summed E-state index contributed by atoms with van der Waals surface area (Å²) in [6.07, 6.45) is 1.50. The van der Waals surface area contributed by atoms with E-state index in [-0.39, 0.29) is 12.5 Å². The molecule has 0 fully saturated rings. The maximum atomic E-state index is 12.0. The van der Waals surface area contributed by atoms with Crippen molar-refractivity contribution in [2.24, 2.45) is 5.10 Å². The van der Waals surface area contributed by atoms with Gasteiger partial charge >= 0.3 is 5.97 Å². The van der Waals surface area contributed by atoms with Crippen LogP contribution in [0.15, 0.2) is 77.9 Å². The minimum Gasteiger partial charge on any atom is -0.483 e. The molecule has 3 rings (SSSR count). The van der Waals surface area contributed by atoms with Crippen LogP contribution in [0.2, 0.25) is 0 Å².